The molecule has 4 nitrogen and oxygen atoms in total. The Morgan fingerprint density at radius 1 is 1.60 bits per heavy atom. The lowest BCUT2D eigenvalue weighted by Crippen LogP contribution is -2.30. The molecule has 0 unspecified atom stereocenters. The zero-order valence-corrected chi connectivity index (χ0v) is 12.1. The van der Waals surface area contributed by atoms with Crippen molar-refractivity contribution >= 4 is 50.2 Å². The highest BCUT2D eigenvalue weighted by molar-refractivity contribution is 9.13. The smallest absolute Gasteiger partial charge is 0.268 e. The molecule has 1 rings (SSSR count). The Balaban J connectivity index is 0.00000196. The Kier molecular flexibility index (Phi) is 6.51. The van der Waals surface area contributed by atoms with Gasteiger partial charge in [-0.25, -0.2) is 0 Å². The molecule has 3 N–H and O–H groups in total. The van der Waals surface area contributed by atoms with Crippen molar-refractivity contribution in [3.8, 4) is 0 Å². The summed E-state index contributed by atoms with van der Waals surface area (Å²) in [5.41, 5.74) is 5.88. The molecule has 0 aliphatic heterocycles. The third-order valence-electron chi connectivity index (χ3n) is 1.78. The Morgan fingerprint density at radius 3 is 2.60 bits per heavy atom. The molecule has 86 valence electrons. The van der Waals surface area contributed by atoms with Gasteiger partial charge in [-0.1, -0.05) is 0 Å². The molecule has 0 fully saturated rings. The summed E-state index contributed by atoms with van der Waals surface area (Å²) < 4.78 is 3.46. The van der Waals surface area contributed by atoms with Gasteiger partial charge in [0.15, 0.2) is 0 Å². The van der Waals surface area contributed by atoms with Crippen LogP contribution in [0, 0.1) is 0 Å². The first-order chi connectivity index (χ1) is 6.57. The molecule has 1 heterocycles. The lowest BCUT2D eigenvalue weighted by molar-refractivity contribution is 0.0946. The third kappa shape index (κ3) is 3.48. The second-order valence-corrected chi connectivity index (χ2v) is 4.38. The first-order valence-electron chi connectivity index (χ1n) is 4.07. The fourth-order valence-corrected chi connectivity index (χ4v) is 1.82. The number of rotatable bonds is 3. The van der Waals surface area contributed by atoms with E-state index < -0.39 is 0 Å². The number of hydrogen-bond donors (Lipinski definition) is 2. The number of halogens is 3. The molecule has 0 aliphatic rings. The van der Waals surface area contributed by atoms with Crippen LogP contribution in [0.3, 0.4) is 0 Å². The van der Waals surface area contributed by atoms with Crippen molar-refractivity contribution in [2.75, 3.05) is 13.1 Å². The zero-order valence-electron chi connectivity index (χ0n) is 8.09. The van der Waals surface area contributed by atoms with Crippen LogP contribution in [0.4, 0.5) is 0 Å². The second-order valence-electron chi connectivity index (χ2n) is 2.77. The first-order valence-corrected chi connectivity index (χ1v) is 5.65. The Morgan fingerprint density at radius 2 is 2.20 bits per heavy atom. The van der Waals surface area contributed by atoms with E-state index in [0.717, 1.165) is 9.08 Å². The van der Waals surface area contributed by atoms with Gasteiger partial charge in [0, 0.05) is 20.1 Å². The summed E-state index contributed by atoms with van der Waals surface area (Å²) in [4.78, 5) is 11.6. The van der Waals surface area contributed by atoms with Gasteiger partial charge in [-0.3, -0.25) is 4.79 Å². The number of carbonyl (C=O) groups is 1. The molecule has 15 heavy (non-hydrogen) atoms. The fraction of sp³-hybridized carbons (Fsp3) is 0.375. The van der Waals surface area contributed by atoms with Crippen molar-refractivity contribution in [2.24, 2.45) is 12.8 Å². The molecule has 0 radical (unpaired) electrons. The molecular formula is C8H12Br2ClN3O. The number of amides is 1. The van der Waals surface area contributed by atoms with Gasteiger partial charge in [-0.2, -0.15) is 0 Å². The molecule has 0 spiro atoms. The van der Waals surface area contributed by atoms with E-state index in [1.165, 1.54) is 0 Å². The van der Waals surface area contributed by atoms with Gasteiger partial charge in [0.1, 0.15) is 5.69 Å². The minimum atomic E-state index is -0.121. The molecule has 1 aromatic rings. The van der Waals surface area contributed by atoms with Gasteiger partial charge >= 0.3 is 0 Å². The molecule has 0 saturated carbocycles. The fourth-order valence-electron chi connectivity index (χ4n) is 1.04. The van der Waals surface area contributed by atoms with Crippen LogP contribution in [0.5, 0.6) is 0 Å². The summed E-state index contributed by atoms with van der Waals surface area (Å²) in [7, 11) is 1.81. The van der Waals surface area contributed by atoms with Crippen molar-refractivity contribution in [2.45, 2.75) is 0 Å². The van der Waals surface area contributed by atoms with Crippen LogP contribution in [0.15, 0.2) is 15.1 Å². The minimum absolute atomic E-state index is 0. The van der Waals surface area contributed by atoms with Gasteiger partial charge in [0.2, 0.25) is 0 Å². The van der Waals surface area contributed by atoms with Gasteiger partial charge < -0.3 is 15.6 Å². The summed E-state index contributed by atoms with van der Waals surface area (Å²) in [5.74, 6) is -0.121. The first kappa shape index (κ1) is 15.0. The quantitative estimate of drug-likeness (QED) is 0.860. The summed E-state index contributed by atoms with van der Waals surface area (Å²) in [6.07, 6.45) is 0. The molecule has 1 aromatic heterocycles. The van der Waals surface area contributed by atoms with E-state index >= 15 is 0 Å². The standard InChI is InChI=1S/C8H11Br2N3O.ClH/c1-13-6(4-5(9)7(13)10)8(14)12-3-2-11;/h4H,2-3,11H2,1H3,(H,12,14);1H. The van der Waals surface area contributed by atoms with Gasteiger partial charge in [0.05, 0.1) is 9.08 Å². The van der Waals surface area contributed by atoms with E-state index in [1.807, 2.05) is 7.05 Å². The highest BCUT2D eigenvalue weighted by Crippen LogP contribution is 2.25. The summed E-state index contributed by atoms with van der Waals surface area (Å²) in [5, 5.41) is 2.70. The van der Waals surface area contributed by atoms with Crippen molar-refractivity contribution in [1.82, 2.24) is 9.88 Å². The zero-order chi connectivity index (χ0) is 10.7. The lowest BCUT2D eigenvalue weighted by Gasteiger charge is -2.04. The van der Waals surface area contributed by atoms with Crippen molar-refractivity contribution in [3.63, 3.8) is 0 Å². The maximum absolute atomic E-state index is 11.6. The predicted molar refractivity (Wildman–Crippen MR) is 69.4 cm³/mol. The molecule has 7 heteroatoms. The van der Waals surface area contributed by atoms with Gasteiger partial charge in [-0.05, 0) is 37.9 Å². The number of carbonyl (C=O) groups excluding carboxylic acids is 1. The van der Waals surface area contributed by atoms with Gasteiger partial charge in [-0.15, -0.1) is 12.4 Å². The normalized spacial score (nSPS) is 9.60. The topological polar surface area (TPSA) is 60.0 Å². The van der Waals surface area contributed by atoms with E-state index in [1.54, 1.807) is 10.6 Å². The van der Waals surface area contributed by atoms with Crippen LogP contribution < -0.4 is 11.1 Å². The number of hydrogen-bond acceptors (Lipinski definition) is 2. The molecular weight excluding hydrogens is 349 g/mol. The number of nitrogens with one attached hydrogen (secondary N) is 1. The highest BCUT2D eigenvalue weighted by atomic mass is 79.9. The van der Waals surface area contributed by atoms with Crippen LogP contribution in [-0.2, 0) is 7.05 Å². The van der Waals surface area contributed by atoms with E-state index in [9.17, 15) is 4.79 Å². The Labute approximate surface area is 111 Å². The predicted octanol–water partition coefficient (Wildman–Crippen LogP) is 1.66. The van der Waals surface area contributed by atoms with Crippen LogP contribution in [0.1, 0.15) is 10.5 Å². The van der Waals surface area contributed by atoms with Crippen molar-refractivity contribution < 1.29 is 4.79 Å². The average molecular weight is 361 g/mol. The molecule has 0 bridgehead atoms. The third-order valence-corrected chi connectivity index (χ3v) is 3.87. The van der Waals surface area contributed by atoms with Crippen LogP contribution in [-0.4, -0.2) is 23.6 Å². The van der Waals surface area contributed by atoms with Crippen LogP contribution in [0.25, 0.3) is 0 Å². The second kappa shape index (κ2) is 6.52. The lowest BCUT2D eigenvalue weighted by atomic mass is 10.4. The summed E-state index contributed by atoms with van der Waals surface area (Å²) in [6.45, 7) is 0.928. The summed E-state index contributed by atoms with van der Waals surface area (Å²) in [6, 6.07) is 1.76. The van der Waals surface area contributed by atoms with Crippen molar-refractivity contribution in [3.05, 3.63) is 20.8 Å². The highest BCUT2D eigenvalue weighted by Gasteiger charge is 2.14. The largest absolute Gasteiger partial charge is 0.349 e. The maximum Gasteiger partial charge on any atom is 0.268 e. The van der Waals surface area contributed by atoms with E-state index in [-0.39, 0.29) is 18.3 Å². The number of aromatic nitrogens is 1. The monoisotopic (exact) mass is 359 g/mol. The molecule has 0 saturated heterocycles. The summed E-state index contributed by atoms with van der Waals surface area (Å²) >= 11 is 6.68. The molecule has 1 amide bonds. The molecule has 0 aliphatic carbocycles. The van der Waals surface area contributed by atoms with Crippen LogP contribution in [0.2, 0.25) is 0 Å². The molecule has 0 atom stereocenters. The minimum Gasteiger partial charge on any atom is -0.349 e. The van der Waals surface area contributed by atoms with Crippen molar-refractivity contribution in [1.29, 1.82) is 0 Å². The number of nitrogens with two attached hydrogens (primary N) is 1. The van der Waals surface area contributed by atoms with E-state index in [2.05, 4.69) is 37.2 Å². The molecule has 0 aromatic carbocycles. The van der Waals surface area contributed by atoms with Gasteiger partial charge in [0.25, 0.3) is 5.91 Å². The van der Waals surface area contributed by atoms with E-state index in [0.29, 0.717) is 18.8 Å². The number of nitrogens with zero attached hydrogens (tertiary/aromatic N) is 1. The van der Waals surface area contributed by atoms with E-state index in [4.69, 9.17) is 5.73 Å². The Bertz CT molecular complexity index is 354. The Hall–Kier alpha value is -0.0400. The average Bonchev–Trinajstić information content (AvgIpc) is 2.42. The maximum atomic E-state index is 11.6. The SMILES string of the molecule is Cl.Cn1c(C(=O)NCCN)cc(Br)c1Br. The van der Waals surface area contributed by atoms with Crippen LogP contribution >= 0.6 is 44.3 Å².